The average molecular weight is 304 g/mol. The smallest absolute Gasteiger partial charge is 0.366 e. The van der Waals surface area contributed by atoms with Gasteiger partial charge in [-0.15, -0.1) is 0 Å². The summed E-state index contributed by atoms with van der Waals surface area (Å²) in [5.41, 5.74) is 0. The number of aliphatic hydroxyl groups excluding tert-OH is 1. The summed E-state index contributed by atoms with van der Waals surface area (Å²) in [6.07, 6.45) is 9.69. The van der Waals surface area contributed by atoms with Gasteiger partial charge >= 0.3 is 7.60 Å². The molecule has 2 aliphatic rings. The van der Waals surface area contributed by atoms with Crippen molar-refractivity contribution < 1.29 is 23.5 Å². The summed E-state index contributed by atoms with van der Waals surface area (Å²) in [5.74, 6) is -1.66. The molecule has 0 aromatic heterocycles. The Morgan fingerprint density at radius 1 is 0.900 bits per heavy atom. The minimum absolute atomic E-state index is 0.159. The fourth-order valence-electron chi connectivity index (χ4n) is 2.98. The van der Waals surface area contributed by atoms with Crippen molar-refractivity contribution in [1.82, 2.24) is 0 Å². The summed E-state index contributed by atoms with van der Waals surface area (Å²) >= 11 is 0. The molecule has 0 aromatic carbocycles. The van der Waals surface area contributed by atoms with Crippen molar-refractivity contribution in [3.05, 3.63) is 0 Å². The first-order valence-electron chi connectivity index (χ1n) is 7.74. The van der Waals surface area contributed by atoms with E-state index in [1.54, 1.807) is 0 Å². The predicted octanol–water partition coefficient (Wildman–Crippen LogP) is 3.40. The first-order chi connectivity index (χ1) is 9.64. The molecule has 2 aliphatic carbocycles. The second-order valence-corrected chi connectivity index (χ2v) is 7.85. The van der Waals surface area contributed by atoms with Gasteiger partial charge in [-0.2, -0.15) is 0 Å². The molecule has 0 amide bonds. The third-order valence-corrected chi connectivity index (χ3v) is 6.10. The van der Waals surface area contributed by atoms with Gasteiger partial charge in [0.05, 0.1) is 12.2 Å². The van der Waals surface area contributed by atoms with Crippen molar-refractivity contribution in [3.8, 4) is 0 Å². The van der Waals surface area contributed by atoms with E-state index in [0.717, 1.165) is 64.2 Å². The van der Waals surface area contributed by atoms with Crippen LogP contribution < -0.4 is 0 Å². The minimum Gasteiger partial charge on any atom is -0.374 e. The molecule has 0 heterocycles. The summed E-state index contributed by atoms with van der Waals surface area (Å²) in [7, 11) is -3.76. The molecule has 1 unspecified atom stereocenters. The second-order valence-electron chi connectivity index (χ2n) is 5.82. The number of carbonyl (C=O) groups is 1. The minimum atomic E-state index is -3.76. The van der Waals surface area contributed by atoms with E-state index in [4.69, 9.17) is 9.05 Å². The van der Waals surface area contributed by atoms with E-state index in [9.17, 15) is 14.5 Å². The molecule has 0 spiro atoms. The fraction of sp³-hybridized carbons (Fsp3) is 0.929. The van der Waals surface area contributed by atoms with Gasteiger partial charge in [0.25, 0.3) is 0 Å². The number of hydrogen-bond donors (Lipinski definition) is 1. The van der Waals surface area contributed by atoms with Gasteiger partial charge in [0.1, 0.15) is 0 Å². The highest BCUT2D eigenvalue weighted by Crippen LogP contribution is 2.55. The van der Waals surface area contributed by atoms with E-state index in [1.807, 2.05) is 0 Å². The number of hydrogen-bond acceptors (Lipinski definition) is 5. The summed E-state index contributed by atoms with van der Waals surface area (Å²) < 4.78 is 23.9. The fourth-order valence-corrected chi connectivity index (χ4v) is 4.68. The van der Waals surface area contributed by atoms with E-state index in [2.05, 4.69) is 0 Å². The molecule has 0 radical (unpaired) electrons. The van der Waals surface area contributed by atoms with Crippen molar-refractivity contribution in [1.29, 1.82) is 0 Å². The second kappa shape index (κ2) is 7.69. The Bertz CT molecular complexity index is 323. The van der Waals surface area contributed by atoms with Crippen LogP contribution in [-0.4, -0.2) is 29.4 Å². The molecule has 1 N–H and O–H groups in total. The van der Waals surface area contributed by atoms with Crippen LogP contribution >= 0.6 is 7.60 Å². The van der Waals surface area contributed by atoms with Crippen molar-refractivity contribution in [2.24, 2.45) is 0 Å². The van der Waals surface area contributed by atoms with Crippen LogP contribution in [0.4, 0.5) is 0 Å². The number of aliphatic hydroxyl groups is 1. The summed E-state index contributed by atoms with van der Waals surface area (Å²) in [6.45, 7) is 0. The van der Waals surface area contributed by atoms with Crippen LogP contribution in [0, 0.1) is 0 Å². The summed E-state index contributed by atoms with van der Waals surface area (Å²) in [4.78, 5) is 10.9. The molecule has 5 nitrogen and oxygen atoms in total. The van der Waals surface area contributed by atoms with Gasteiger partial charge in [-0.25, -0.2) is 0 Å². The molecule has 2 rings (SSSR count). The lowest BCUT2D eigenvalue weighted by Gasteiger charge is -2.32. The maximum absolute atomic E-state index is 12.8. The van der Waals surface area contributed by atoms with Crippen LogP contribution in [0.15, 0.2) is 0 Å². The predicted molar refractivity (Wildman–Crippen MR) is 75.6 cm³/mol. The van der Waals surface area contributed by atoms with Crippen LogP contribution in [-0.2, 0) is 18.4 Å². The van der Waals surface area contributed by atoms with E-state index in [-0.39, 0.29) is 18.5 Å². The van der Waals surface area contributed by atoms with Gasteiger partial charge in [-0.1, -0.05) is 38.5 Å². The molecule has 2 saturated carbocycles. The van der Waals surface area contributed by atoms with Gasteiger partial charge in [-0.05, 0) is 25.7 Å². The molecule has 0 aliphatic heterocycles. The molecule has 2 fully saturated rings. The first kappa shape index (κ1) is 16.2. The highest BCUT2D eigenvalue weighted by atomic mass is 31.2. The Labute approximate surface area is 120 Å². The van der Waals surface area contributed by atoms with Gasteiger partial charge in [-0.3, -0.25) is 9.36 Å². The Morgan fingerprint density at radius 2 is 1.30 bits per heavy atom. The molecule has 20 heavy (non-hydrogen) atoms. The zero-order valence-corrected chi connectivity index (χ0v) is 12.8. The molecular weight excluding hydrogens is 279 g/mol. The van der Waals surface area contributed by atoms with Gasteiger partial charge < -0.3 is 14.2 Å². The number of aldehydes is 1. The van der Waals surface area contributed by atoms with Crippen LogP contribution in [0.1, 0.15) is 64.2 Å². The molecule has 1 atom stereocenters. The molecular formula is C14H25O5P. The zero-order chi connectivity index (χ0) is 14.4. The zero-order valence-electron chi connectivity index (χ0n) is 11.9. The van der Waals surface area contributed by atoms with E-state index in [0.29, 0.717) is 0 Å². The van der Waals surface area contributed by atoms with Crippen molar-refractivity contribution >= 4 is 13.9 Å². The Kier molecular flexibility index (Phi) is 6.21. The topological polar surface area (TPSA) is 72.8 Å². The van der Waals surface area contributed by atoms with E-state index >= 15 is 0 Å². The lowest BCUT2D eigenvalue weighted by atomic mass is 9.98. The van der Waals surface area contributed by atoms with Crippen LogP contribution in [0.5, 0.6) is 0 Å². The monoisotopic (exact) mass is 304 g/mol. The molecule has 0 bridgehead atoms. The van der Waals surface area contributed by atoms with E-state index < -0.39 is 13.4 Å². The van der Waals surface area contributed by atoms with Crippen LogP contribution in [0.2, 0.25) is 0 Å². The lowest BCUT2D eigenvalue weighted by Crippen LogP contribution is -2.25. The summed E-state index contributed by atoms with van der Waals surface area (Å²) in [6, 6.07) is 0. The molecule has 0 saturated heterocycles. The third kappa shape index (κ3) is 4.39. The van der Waals surface area contributed by atoms with Crippen molar-refractivity contribution in [3.63, 3.8) is 0 Å². The highest BCUT2D eigenvalue weighted by molar-refractivity contribution is 7.55. The maximum atomic E-state index is 12.8. The van der Waals surface area contributed by atoms with Crippen LogP contribution in [0.3, 0.4) is 0 Å². The Morgan fingerprint density at radius 3 is 1.65 bits per heavy atom. The Balaban J connectivity index is 1.99. The highest BCUT2D eigenvalue weighted by Gasteiger charge is 2.40. The maximum Gasteiger partial charge on any atom is 0.366 e. The Hall–Kier alpha value is -0.220. The van der Waals surface area contributed by atoms with Crippen molar-refractivity contribution in [2.75, 3.05) is 0 Å². The standard InChI is InChI=1S/C14H25O5P/c15-11-14(16)20(17,18-12-7-3-1-4-8-12)19-13-9-5-2-6-10-13/h11-14,16H,1-10H2. The molecule has 6 heteroatoms. The van der Waals surface area contributed by atoms with Gasteiger partial charge in [0, 0.05) is 0 Å². The summed E-state index contributed by atoms with van der Waals surface area (Å²) in [5, 5.41) is 9.76. The first-order valence-corrected chi connectivity index (χ1v) is 9.35. The van der Waals surface area contributed by atoms with Crippen molar-refractivity contribution in [2.45, 2.75) is 82.3 Å². The number of carbonyl (C=O) groups excluding carboxylic acids is 1. The largest absolute Gasteiger partial charge is 0.374 e. The quantitative estimate of drug-likeness (QED) is 0.601. The van der Waals surface area contributed by atoms with Crippen LogP contribution in [0.25, 0.3) is 0 Å². The molecule has 116 valence electrons. The third-order valence-electron chi connectivity index (χ3n) is 4.14. The SMILES string of the molecule is O=CC(O)P(=O)(OC1CCCCC1)OC1CCCCC1. The van der Waals surface area contributed by atoms with Gasteiger partial charge in [0.15, 0.2) is 6.29 Å². The normalized spacial score (nSPS) is 24.4. The lowest BCUT2D eigenvalue weighted by molar-refractivity contribution is -0.112. The molecule has 0 aromatic rings. The average Bonchev–Trinajstić information content (AvgIpc) is 2.48. The van der Waals surface area contributed by atoms with E-state index in [1.165, 1.54) is 0 Å². The number of rotatable bonds is 6. The van der Waals surface area contributed by atoms with Gasteiger partial charge in [0.2, 0.25) is 5.85 Å².